The van der Waals surface area contributed by atoms with Crippen molar-refractivity contribution in [2.24, 2.45) is 40.4 Å². The summed E-state index contributed by atoms with van der Waals surface area (Å²) in [6, 6.07) is 4.36. The Bertz CT molecular complexity index is 1000. The lowest BCUT2D eigenvalue weighted by Gasteiger charge is -2.58. The number of hydrogen-bond donors (Lipinski definition) is 1. The van der Waals surface area contributed by atoms with Crippen molar-refractivity contribution in [2.45, 2.75) is 110 Å². The van der Waals surface area contributed by atoms with E-state index in [-0.39, 0.29) is 6.10 Å². The van der Waals surface area contributed by atoms with Gasteiger partial charge in [0.05, 0.1) is 6.10 Å². The molecule has 196 valence electrons. The van der Waals surface area contributed by atoms with Gasteiger partial charge in [0.15, 0.2) is 0 Å². The van der Waals surface area contributed by atoms with E-state index in [9.17, 15) is 9.90 Å². The molecule has 4 heteroatoms. The lowest BCUT2D eigenvalue weighted by molar-refractivity contribution is -0.119. The quantitative estimate of drug-likeness (QED) is 0.440. The summed E-state index contributed by atoms with van der Waals surface area (Å²) in [5.41, 5.74) is 3.33. The molecule has 0 bridgehead atoms. The highest BCUT2D eigenvalue weighted by Crippen LogP contribution is 2.67. The molecule has 8 atom stereocenters. The SMILES string of the molecule is C[C@H](CCC(=O)N(c1ccncc1)C1CC1)[C@H]1CC[C@H]2[C@@H]3CC=C4C[C@@H](O)CC[C@]4(C)[C@H]3CC[C@]12C. The third-order valence-corrected chi connectivity index (χ3v) is 11.8. The number of aromatic nitrogens is 1. The van der Waals surface area contributed by atoms with Gasteiger partial charge in [0.25, 0.3) is 0 Å². The lowest BCUT2D eigenvalue weighted by atomic mass is 9.47. The molecule has 4 fully saturated rings. The van der Waals surface area contributed by atoms with Crippen LogP contribution >= 0.6 is 0 Å². The summed E-state index contributed by atoms with van der Waals surface area (Å²) in [6.07, 6.45) is 19.6. The zero-order chi connectivity index (χ0) is 25.1. The highest BCUT2D eigenvalue weighted by molar-refractivity contribution is 5.94. The van der Waals surface area contributed by atoms with Crippen molar-refractivity contribution in [3.8, 4) is 0 Å². The molecule has 36 heavy (non-hydrogen) atoms. The van der Waals surface area contributed by atoms with Crippen LogP contribution in [0.15, 0.2) is 36.2 Å². The van der Waals surface area contributed by atoms with Crippen molar-refractivity contribution in [1.82, 2.24) is 4.98 Å². The van der Waals surface area contributed by atoms with Gasteiger partial charge in [-0.05, 0) is 123 Å². The van der Waals surface area contributed by atoms with Gasteiger partial charge in [-0.25, -0.2) is 0 Å². The first-order valence-corrected chi connectivity index (χ1v) is 14.9. The molecule has 0 spiro atoms. The van der Waals surface area contributed by atoms with Crippen molar-refractivity contribution in [2.75, 3.05) is 4.90 Å². The fourth-order valence-corrected chi connectivity index (χ4v) is 9.69. The van der Waals surface area contributed by atoms with E-state index in [1.165, 1.54) is 38.5 Å². The van der Waals surface area contributed by atoms with Crippen LogP contribution in [0.4, 0.5) is 5.69 Å². The van der Waals surface area contributed by atoms with Gasteiger partial charge in [-0.2, -0.15) is 0 Å². The van der Waals surface area contributed by atoms with Gasteiger partial charge in [0.2, 0.25) is 5.91 Å². The monoisotopic (exact) mass is 490 g/mol. The zero-order valence-corrected chi connectivity index (χ0v) is 22.7. The van der Waals surface area contributed by atoms with Crippen LogP contribution in [-0.2, 0) is 4.79 Å². The smallest absolute Gasteiger partial charge is 0.227 e. The number of aliphatic hydroxyl groups is 1. The first-order chi connectivity index (χ1) is 17.3. The van der Waals surface area contributed by atoms with E-state index >= 15 is 0 Å². The van der Waals surface area contributed by atoms with Gasteiger partial charge in [-0.1, -0.05) is 32.4 Å². The molecule has 5 aliphatic rings. The van der Waals surface area contributed by atoms with E-state index in [0.717, 1.165) is 61.5 Å². The predicted octanol–water partition coefficient (Wildman–Crippen LogP) is 6.93. The maximum absolute atomic E-state index is 13.4. The third-order valence-electron chi connectivity index (χ3n) is 11.8. The molecule has 0 aromatic carbocycles. The Morgan fingerprint density at radius 3 is 2.61 bits per heavy atom. The number of anilines is 1. The second kappa shape index (κ2) is 9.26. The molecule has 4 saturated carbocycles. The maximum Gasteiger partial charge on any atom is 0.227 e. The molecular formula is C32H46N2O2. The standard InChI is InChI=1S/C32H46N2O2/c1-21(4-11-30(36)34(23-6-7-23)24-14-18-33-19-15-24)27-9-10-28-26-8-5-22-20-25(35)12-16-31(22,2)29(26)13-17-32(27,28)3/h5,14-15,18-19,21,23,25-29,35H,4,6-13,16-17,20H2,1-3H3/t21-,25+,26+,27-,28+,29+,31+,32-/m1/s1. The van der Waals surface area contributed by atoms with E-state index < -0.39 is 0 Å². The summed E-state index contributed by atoms with van der Waals surface area (Å²) in [7, 11) is 0. The summed E-state index contributed by atoms with van der Waals surface area (Å²) in [5.74, 6) is 4.05. The fraction of sp³-hybridized carbons (Fsp3) is 0.750. The first kappa shape index (κ1) is 24.6. The fourth-order valence-electron chi connectivity index (χ4n) is 9.69. The average Bonchev–Trinajstić information content (AvgIpc) is 3.63. The molecular weight excluding hydrogens is 444 g/mol. The molecule has 1 aromatic heterocycles. The number of amides is 1. The predicted molar refractivity (Wildman–Crippen MR) is 144 cm³/mol. The van der Waals surface area contributed by atoms with E-state index in [4.69, 9.17) is 0 Å². The zero-order valence-electron chi connectivity index (χ0n) is 22.7. The molecule has 1 aromatic rings. The molecule has 5 aliphatic carbocycles. The largest absolute Gasteiger partial charge is 0.393 e. The number of aliphatic hydroxyl groups excluding tert-OH is 1. The Balaban J connectivity index is 1.13. The van der Waals surface area contributed by atoms with Gasteiger partial charge in [0, 0.05) is 30.5 Å². The van der Waals surface area contributed by atoms with Crippen molar-refractivity contribution in [3.05, 3.63) is 36.2 Å². The number of carbonyl (C=O) groups is 1. The van der Waals surface area contributed by atoms with Crippen molar-refractivity contribution < 1.29 is 9.90 Å². The first-order valence-electron chi connectivity index (χ1n) is 14.9. The van der Waals surface area contributed by atoms with Crippen molar-refractivity contribution >= 4 is 11.6 Å². The van der Waals surface area contributed by atoms with Gasteiger partial charge in [0.1, 0.15) is 0 Å². The van der Waals surface area contributed by atoms with Crippen LogP contribution < -0.4 is 4.90 Å². The number of pyridine rings is 1. The molecule has 1 N–H and O–H groups in total. The molecule has 0 saturated heterocycles. The Morgan fingerprint density at radius 2 is 1.86 bits per heavy atom. The summed E-state index contributed by atoms with van der Waals surface area (Å²) in [4.78, 5) is 19.6. The van der Waals surface area contributed by atoms with E-state index in [1.807, 2.05) is 12.1 Å². The van der Waals surface area contributed by atoms with Crippen LogP contribution in [0.2, 0.25) is 0 Å². The van der Waals surface area contributed by atoms with Crippen LogP contribution in [0.3, 0.4) is 0 Å². The Kier molecular flexibility index (Phi) is 6.34. The number of carbonyl (C=O) groups excluding carboxylic acids is 1. The van der Waals surface area contributed by atoms with E-state index in [2.05, 4.69) is 36.7 Å². The van der Waals surface area contributed by atoms with Gasteiger partial charge < -0.3 is 10.0 Å². The maximum atomic E-state index is 13.4. The van der Waals surface area contributed by atoms with E-state index in [1.54, 1.807) is 18.0 Å². The summed E-state index contributed by atoms with van der Waals surface area (Å²) in [6.45, 7) is 7.58. The van der Waals surface area contributed by atoms with Gasteiger partial charge in [-0.15, -0.1) is 0 Å². The third kappa shape index (κ3) is 4.06. The number of rotatable bonds is 6. The number of nitrogens with zero attached hydrogens (tertiary/aromatic N) is 2. The van der Waals surface area contributed by atoms with Crippen LogP contribution in [0, 0.1) is 40.4 Å². The van der Waals surface area contributed by atoms with Crippen molar-refractivity contribution in [1.29, 1.82) is 0 Å². The highest BCUT2D eigenvalue weighted by Gasteiger charge is 2.59. The molecule has 1 amide bonds. The molecule has 0 aliphatic heterocycles. The number of hydrogen-bond acceptors (Lipinski definition) is 3. The lowest BCUT2D eigenvalue weighted by Crippen LogP contribution is -2.50. The summed E-state index contributed by atoms with van der Waals surface area (Å²) < 4.78 is 0. The van der Waals surface area contributed by atoms with Crippen LogP contribution in [-0.4, -0.2) is 28.1 Å². The number of fused-ring (bicyclic) bond motifs is 5. The van der Waals surface area contributed by atoms with E-state index in [0.29, 0.717) is 35.1 Å². The van der Waals surface area contributed by atoms with Crippen LogP contribution in [0.1, 0.15) is 97.8 Å². The van der Waals surface area contributed by atoms with Gasteiger partial charge in [-0.3, -0.25) is 9.78 Å². The van der Waals surface area contributed by atoms with Crippen molar-refractivity contribution in [3.63, 3.8) is 0 Å². The summed E-state index contributed by atoms with van der Waals surface area (Å²) >= 11 is 0. The summed E-state index contributed by atoms with van der Waals surface area (Å²) in [5, 5.41) is 10.3. The molecule has 4 nitrogen and oxygen atoms in total. The highest BCUT2D eigenvalue weighted by atomic mass is 16.3. The molecule has 0 unspecified atom stereocenters. The Morgan fingerprint density at radius 1 is 1.08 bits per heavy atom. The minimum Gasteiger partial charge on any atom is -0.393 e. The molecule has 1 heterocycles. The molecule has 0 radical (unpaired) electrons. The second-order valence-corrected chi connectivity index (χ2v) is 13.6. The Hall–Kier alpha value is -1.68. The topological polar surface area (TPSA) is 53.4 Å². The minimum absolute atomic E-state index is 0.122. The van der Waals surface area contributed by atoms with Crippen LogP contribution in [0.25, 0.3) is 0 Å². The Labute approximate surface area is 218 Å². The average molecular weight is 491 g/mol. The second-order valence-electron chi connectivity index (χ2n) is 13.6. The normalized spacial score (nSPS) is 40.4. The van der Waals surface area contributed by atoms with Gasteiger partial charge >= 0.3 is 0 Å². The molecule has 6 rings (SSSR count). The minimum atomic E-state index is -0.122. The number of allylic oxidation sites excluding steroid dienone is 1. The van der Waals surface area contributed by atoms with Crippen LogP contribution in [0.5, 0.6) is 0 Å².